The van der Waals surface area contributed by atoms with Gasteiger partial charge in [-0.15, -0.1) is 0 Å². The predicted molar refractivity (Wildman–Crippen MR) is 106 cm³/mol. The average Bonchev–Trinajstić information content (AvgIpc) is 2.79. The first-order chi connectivity index (χ1) is 13.8. The minimum absolute atomic E-state index is 0.0222. The van der Waals surface area contributed by atoms with Crippen LogP contribution in [0.3, 0.4) is 0 Å². The Labute approximate surface area is 164 Å². The van der Waals surface area contributed by atoms with E-state index in [9.17, 15) is 4.79 Å². The molecule has 146 valence electrons. The van der Waals surface area contributed by atoms with E-state index in [1.807, 2.05) is 11.0 Å². The van der Waals surface area contributed by atoms with Crippen LogP contribution in [0.4, 0.5) is 4.79 Å². The molecule has 2 amide bonds. The molecule has 2 N–H and O–H groups in total. The van der Waals surface area contributed by atoms with Crippen molar-refractivity contribution in [1.29, 1.82) is 0 Å². The van der Waals surface area contributed by atoms with Gasteiger partial charge in [-0.25, -0.2) is 24.7 Å². The molecule has 2 aliphatic rings. The van der Waals surface area contributed by atoms with Crippen LogP contribution in [0.2, 0.25) is 0 Å². The van der Waals surface area contributed by atoms with Crippen LogP contribution in [0.5, 0.6) is 0 Å². The van der Waals surface area contributed by atoms with Gasteiger partial charge in [-0.3, -0.25) is 0 Å². The number of carbonyl (C=O) groups excluding carboxylic acids is 1. The van der Waals surface area contributed by atoms with Crippen molar-refractivity contribution in [3.63, 3.8) is 0 Å². The summed E-state index contributed by atoms with van der Waals surface area (Å²) in [6, 6.07) is 1.90. The fourth-order valence-electron chi connectivity index (χ4n) is 3.63. The molecule has 4 rings (SSSR count). The summed E-state index contributed by atoms with van der Waals surface area (Å²) in [6.07, 6.45) is 11.7. The molecular weight excluding hydrogens is 354 g/mol. The molecule has 0 atom stereocenters. The minimum Gasteiger partial charge on any atom is -0.334 e. The quantitative estimate of drug-likeness (QED) is 0.786. The second kappa shape index (κ2) is 8.88. The molecule has 0 saturated carbocycles. The molecule has 0 aromatic carbocycles. The van der Waals surface area contributed by atoms with Crippen LogP contribution >= 0.6 is 0 Å². The van der Waals surface area contributed by atoms with E-state index in [1.165, 1.54) is 11.9 Å². The highest BCUT2D eigenvalue weighted by molar-refractivity contribution is 5.74. The van der Waals surface area contributed by atoms with E-state index in [4.69, 9.17) is 4.98 Å². The van der Waals surface area contributed by atoms with E-state index in [1.54, 1.807) is 18.6 Å². The number of hydrogen-bond acceptors (Lipinski definition) is 6. The average molecular weight is 379 g/mol. The summed E-state index contributed by atoms with van der Waals surface area (Å²) in [5.74, 6) is 1.10. The fourth-order valence-corrected chi connectivity index (χ4v) is 3.63. The summed E-state index contributed by atoms with van der Waals surface area (Å²) in [5.41, 5.74) is 3.02. The molecule has 2 aliphatic heterocycles. The van der Waals surface area contributed by atoms with Gasteiger partial charge in [-0.05, 0) is 31.9 Å². The molecule has 2 aromatic rings. The Morgan fingerprint density at radius 2 is 2.07 bits per heavy atom. The van der Waals surface area contributed by atoms with E-state index in [0.717, 1.165) is 62.5 Å². The molecule has 0 unspecified atom stereocenters. The zero-order chi connectivity index (χ0) is 19.2. The number of aromatic nitrogens is 4. The van der Waals surface area contributed by atoms with Gasteiger partial charge < -0.3 is 15.5 Å². The van der Waals surface area contributed by atoms with Gasteiger partial charge in [0.15, 0.2) is 0 Å². The molecule has 0 spiro atoms. The summed E-state index contributed by atoms with van der Waals surface area (Å²) in [5, 5.41) is 6.34. The van der Waals surface area contributed by atoms with Crippen molar-refractivity contribution in [2.24, 2.45) is 0 Å². The molecule has 8 nitrogen and oxygen atoms in total. The lowest BCUT2D eigenvalue weighted by Gasteiger charge is -2.31. The Morgan fingerprint density at radius 3 is 2.82 bits per heavy atom. The van der Waals surface area contributed by atoms with Crippen LogP contribution in [0, 0.1) is 0 Å². The van der Waals surface area contributed by atoms with Crippen molar-refractivity contribution in [3.8, 4) is 11.3 Å². The lowest BCUT2D eigenvalue weighted by molar-refractivity contribution is 0.181. The standard InChI is InChI=1S/C20H25N7O/c28-20(25-11-15-1-6-21-7-2-15)27-9-4-16(5-10-27)19-24-8-3-18(26-19)17-12-22-14-23-13-17/h1,3,8,12-14,16,21H,2,4-7,9-11H2,(H,25,28). The van der Waals surface area contributed by atoms with Gasteiger partial charge in [0, 0.05) is 56.3 Å². The summed E-state index contributed by atoms with van der Waals surface area (Å²) >= 11 is 0. The third kappa shape index (κ3) is 4.51. The molecular formula is C20H25N7O. The van der Waals surface area contributed by atoms with E-state index >= 15 is 0 Å². The molecule has 0 aliphatic carbocycles. The van der Waals surface area contributed by atoms with E-state index < -0.39 is 0 Å². The lowest BCUT2D eigenvalue weighted by atomic mass is 9.96. The molecule has 0 bridgehead atoms. The molecule has 4 heterocycles. The molecule has 1 saturated heterocycles. The normalized spacial score (nSPS) is 17.9. The van der Waals surface area contributed by atoms with Gasteiger partial charge in [-0.2, -0.15) is 0 Å². The monoisotopic (exact) mass is 379 g/mol. The van der Waals surface area contributed by atoms with Crippen molar-refractivity contribution < 1.29 is 4.79 Å². The highest BCUT2D eigenvalue weighted by atomic mass is 16.2. The zero-order valence-corrected chi connectivity index (χ0v) is 15.8. The van der Waals surface area contributed by atoms with Crippen LogP contribution in [0.25, 0.3) is 11.3 Å². The maximum Gasteiger partial charge on any atom is 0.317 e. The first kappa shape index (κ1) is 18.5. The van der Waals surface area contributed by atoms with Crippen LogP contribution in [0.1, 0.15) is 31.0 Å². The number of piperidine rings is 1. The van der Waals surface area contributed by atoms with E-state index in [0.29, 0.717) is 6.54 Å². The third-order valence-electron chi connectivity index (χ3n) is 5.30. The Balaban J connectivity index is 1.31. The number of carbonyl (C=O) groups is 1. The highest BCUT2D eigenvalue weighted by Gasteiger charge is 2.25. The molecule has 8 heteroatoms. The largest absolute Gasteiger partial charge is 0.334 e. The van der Waals surface area contributed by atoms with Gasteiger partial charge in [0.2, 0.25) is 0 Å². The molecule has 1 fully saturated rings. The topological polar surface area (TPSA) is 95.9 Å². The van der Waals surface area contributed by atoms with Crippen LogP contribution in [-0.2, 0) is 0 Å². The van der Waals surface area contributed by atoms with Crippen molar-refractivity contribution in [2.75, 3.05) is 32.7 Å². The van der Waals surface area contributed by atoms with Crippen LogP contribution in [0.15, 0.2) is 42.6 Å². The molecule has 2 aromatic heterocycles. The van der Waals surface area contributed by atoms with Gasteiger partial charge in [0.25, 0.3) is 0 Å². The highest BCUT2D eigenvalue weighted by Crippen LogP contribution is 2.27. The number of hydrogen-bond donors (Lipinski definition) is 2. The van der Waals surface area contributed by atoms with Crippen molar-refractivity contribution in [1.82, 2.24) is 35.5 Å². The molecule has 28 heavy (non-hydrogen) atoms. The number of amides is 2. The lowest BCUT2D eigenvalue weighted by Crippen LogP contribution is -2.45. The van der Waals surface area contributed by atoms with Crippen molar-refractivity contribution in [3.05, 3.63) is 48.5 Å². The first-order valence-corrected chi connectivity index (χ1v) is 9.79. The Bertz CT molecular complexity index is 831. The van der Waals surface area contributed by atoms with Crippen molar-refractivity contribution in [2.45, 2.75) is 25.2 Å². The van der Waals surface area contributed by atoms with Gasteiger partial charge in [0.05, 0.1) is 5.69 Å². The Kier molecular flexibility index (Phi) is 5.86. The number of urea groups is 1. The van der Waals surface area contributed by atoms with Crippen LogP contribution < -0.4 is 10.6 Å². The molecule has 0 radical (unpaired) electrons. The summed E-state index contributed by atoms with van der Waals surface area (Å²) < 4.78 is 0. The number of nitrogens with one attached hydrogen (secondary N) is 2. The second-order valence-electron chi connectivity index (χ2n) is 7.16. The maximum absolute atomic E-state index is 12.4. The maximum atomic E-state index is 12.4. The summed E-state index contributed by atoms with van der Waals surface area (Å²) in [4.78, 5) is 31.6. The number of likely N-dealkylation sites (tertiary alicyclic amines) is 1. The predicted octanol–water partition coefficient (Wildman–Crippen LogP) is 1.74. The fraction of sp³-hybridized carbons (Fsp3) is 0.450. The number of rotatable bonds is 4. The SMILES string of the molecule is O=C(NCC1=CCNCC1)N1CCC(c2nccc(-c3cncnc3)n2)CC1. The first-order valence-electron chi connectivity index (χ1n) is 9.79. The van der Waals surface area contributed by atoms with E-state index in [-0.39, 0.29) is 11.9 Å². The van der Waals surface area contributed by atoms with E-state index in [2.05, 4.69) is 31.7 Å². The Morgan fingerprint density at radius 1 is 1.25 bits per heavy atom. The van der Waals surface area contributed by atoms with Crippen molar-refractivity contribution >= 4 is 6.03 Å². The second-order valence-corrected chi connectivity index (χ2v) is 7.16. The minimum atomic E-state index is 0.0222. The smallest absolute Gasteiger partial charge is 0.317 e. The van der Waals surface area contributed by atoms with Gasteiger partial charge >= 0.3 is 6.03 Å². The zero-order valence-electron chi connectivity index (χ0n) is 15.8. The summed E-state index contributed by atoms with van der Waals surface area (Å²) in [6.45, 7) is 3.97. The number of nitrogens with zero attached hydrogens (tertiary/aromatic N) is 5. The van der Waals surface area contributed by atoms with Crippen LogP contribution in [-0.4, -0.2) is 63.6 Å². The third-order valence-corrected chi connectivity index (χ3v) is 5.30. The Hall–Kier alpha value is -2.87. The van der Waals surface area contributed by atoms with Gasteiger partial charge in [-0.1, -0.05) is 11.6 Å². The van der Waals surface area contributed by atoms with Gasteiger partial charge in [0.1, 0.15) is 12.2 Å². The summed E-state index contributed by atoms with van der Waals surface area (Å²) in [7, 11) is 0.